The zero-order valence-corrected chi connectivity index (χ0v) is 11.1. The predicted octanol–water partition coefficient (Wildman–Crippen LogP) is 2.49. The van der Waals surface area contributed by atoms with Gasteiger partial charge in [-0.1, -0.05) is 6.92 Å². The number of thioether (sulfide) groups is 1. The van der Waals surface area contributed by atoms with Crippen LogP contribution in [0.4, 0.5) is 0 Å². The van der Waals surface area contributed by atoms with Gasteiger partial charge >= 0.3 is 0 Å². The van der Waals surface area contributed by atoms with Gasteiger partial charge in [-0.2, -0.15) is 0 Å². The largest absolute Gasteiger partial charge is 0.497 e. The van der Waals surface area contributed by atoms with Crippen LogP contribution in [0.2, 0.25) is 0 Å². The van der Waals surface area contributed by atoms with Crippen molar-refractivity contribution in [1.29, 1.82) is 0 Å². The van der Waals surface area contributed by atoms with Crippen molar-refractivity contribution in [2.75, 3.05) is 27.0 Å². The van der Waals surface area contributed by atoms with Crippen molar-refractivity contribution in [3.05, 3.63) is 17.7 Å². The van der Waals surface area contributed by atoms with E-state index in [4.69, 9.17) is 15.2 Å². The topological polar surface area (TPSA) is 44.5 Å². The van der Waals surface area contributed by atoms with Gasteiger partial charge in [-0.3, -0.25) is 0 Å². The summed E-state index contributed by atoms with van der Waals surface area (Å²) in [5.74, 6) is 2.02. The molecule has 1 aromatic rings. The predicted molar refractivity (Wildman–Crippen MR) is 68.8 cm³/mol. The molecule has 0 bridgehead atoms. The van der Waals surface area contributed by atoms with Crippen LogP contribution >= 0.6 is 11.8 Å². The monoisotopic (exact) mass is 241 g/mol. The lowest BCUT2D eigenvalue weighted by molar-refractivity contribution is 0.386. The summed E-state index contributed by atoms with van der Waals surface area (Å²) in [7, 11) is 3.36. The molecule has 1 aromatic carbocycles. The third-order valence-corrected chi connectivity index (χ3v) is 3.34. The number of nitrogens with two attached hydrogens (primary N) is 1. The summed E-state index contributed by atoms with van der Waals surface area (Å²) >= 11 is 1.65. The molecule has 0 heterocycles. The van der Waals surface area contributed by atoms with Crippen LogP contribution in [0.25, 0.3) is 0 Å². The Bertz CT molecular complexity index is 355. The summed E-state index contributed by atoms with van der Waals surface area (Å²) in [5.41, 5.74) is 6.81. The summed E-state index contributed by atoms with van der Waals surface area (Å²) in [5, 5.41) is 0. The SMILES string of the molecule is COc1cc(SC)c(OC)c(C(C)CN)c1. The van der Waals surface area contributed by atoms with Gasteiger partial charge in [0.25, 0.3) is 0 Å². The highest BCUT2D eigenvalue weighted by atomic mass is 32.2. The van der Waals surface area contributed by atoms with Crippen LogP contribution in [0, 0.1) is 0 Å². The van der Waals surface area contributed by atoms with Crippen molar-refractivity contribution in [3.63, 3.8) is 0 Å². The lowest BCUT2D eigenvalue weighted by Gasteiger charge is -2.18. The maximum atomic E-state index is 5.71. The molecule has 4 heteroatoms. The normalized spacial score (nSPS) is 12.3. The molecule has 0 amide bonds. The van der Waals surface area contributed by atoms with Crippen molar-refractivity contribution < 1.29 is 9.47 Å². The van der Waals surface area contributed by atoms with Crippen molar-refractivity contribution >= 4 is 11.8 Å². The van der Waals surface area contributed by atoms with Crippen LogP contribution in [-0.2, 0) is 0 Å². The third kappa shape index (κ3) is 2.62. The Labute approximate surface area is 101 Å². The highest BCUT2D eigenvalue weighted by molar-refractivity contribution is 7.98. The van der Waals surface area contributed by atoms with Crippen molar-refractivity contribution in [2.45, 2.75) is 17.7 Å². The van der Waals surface area contributed by atoms with Crippen LogP contribution in [0.1, 0.15) is 18.4 Å². The van der Waals surface area contributed by atoms with Crippen LogP contribution in [0.5, 0.6) is 11.5 Å². The second kappa shape index (κ2) is 6.01. The first-order valence-electron chi connectivity index (χ1n) is 5.17. The minimum atomic E-state index is 0.260. The van der Waals surface area contributed by atoms with Gasteiger partial charge in [-0.15, -0.1) is 11.8 Å². The molecule has 0 aromatic heterocycles. The molecular weight excluding hydrogens is 222 g/mol. The molecule has 0 aliphatic heterocycles. The van der Waals surface area contributed by atoms with Crippen LogP contribution in [0.3, 0.4) is 0 Å². The molecule has 0 spiro atoms. The minimum absolute atomic E-state index is 0.260. The first kappa shape index (κ1) is 13.2. The van der Waals surface area contributed by atoms with Gasteiger partial charge in [0.15, 0.2) is 0 Å². The summed E-state index contributed by atoms with van der Waals surface area (Å²) in [6.07, 6.45) is 2.02. The molecule has 1 rings (SSSR count). The fourth-order valence-electron chi connectivity index (χ4n) is 1.58. The maximum Gasteiger partial charge on any atom is 0.136 e. The van der Waals surface area contributed by atoms with Crippen LogP contribution in [-0.4, -0.2) is 27.0 Å². The van der Waals surface area contributed by atoms with E-state index in [0.717, 1.165) is 22.0 Å². The molecule has 2 N–H and O–H groups in total. The molecule has 0 saturated heterocycles. The molecule has 90 valence electrons. The van der Waals surface area contributed by atoms with Crippen LogP contribution in [0.15, 0.2) is 17.0 Å². The fraction of sp³-hybridized carbons (Fsp3) is 0.500. The molecule has 0 radical (unpaired) electrons. The van der Waals surface area contributed by atoms with E-state index in [9.17, 15) is 0 Å². The van der Waals surface area contributed by atoms with Gasteiger partial charge < -0.3 is 15.2 Å². The average molecular weight is 241 g/mol. The molecule has 0 saturated carbocycles. The van der Waals surface area contributed by atoms with E-state index in [1.807, 2.05) is 18.4 Å². The second-order valence-corrected chi connectivity index (χ2v) is 4.44. The molecule has 0 fully saturated rings. The van der Waals surface area contributed by atoms with Gasteiger partial charge in [0, 0.05) is 5.56 Å². The standard InChI is InChI=1S/C12H19NO2S/c1-8(7-13)10-5-9(14-2)6-11(16-4)12(10)15-3/h5-6,8H,7,13H2,1-4H3. The number of hydrogen-bond donors (Lipinski definition) is 1. The Morgan fingerprint density at radius 3 is 2.44 bits per heavy atom. The summed E-state index contributed by atoms with van der Waals surface area (Å²) in [6, 6.07) is 3.98. The van der Waals surface area contributed by atoms with Crippen molar-refractivity contribution in [3.8, 4) is 11.5 Å². The summed E-state index contributed by atoms with van der Waals surface area (Å²) in [6.45, 7) is 2.68. The van der Waals surface area contributed by atoms with Crippen molar-refractivity contribution in [1.82, 2.24) is 0 Å². The molecule has 1 atom stereocenters. The highest BCUT2D eigenvalue weighted by Crippen LogP contribution is 2.38. The summed E-state index contributed by atoms with van der Waals surface area (Å²) < 4.78 is 10.7. The van der Waals surface area contributed by atoms with Crippen LogP contribution < -0.4 is 15.2 Å². The second-order valence-electron chi connectivity index (χ2n) is 3.59. The van der Waals surface area contributed by atoms with Crippen molar-refractivity contribution in [2.24, 2.45) is 5.73 Å². The average Bonchev–Trinajstić information content (AvgIpc) is 2.35. The van der Waals surface area contributed by atoms with Gasteiger partial charge in [-0.25, -0.2) is 0 Å². The van der Waals surface area contributed by atoms with E-state index >= 15 is 0 Å². The lowest BCUT2D eigenvalue weighted by atomic mass is 10.00. The Morgan fingerprint density at radius 2 is 2.00 bits per heavy atom. The molecule has 0 aliphatic rings. The van der Waals surface area contributed by atoms with Gasteiger partial charge in [-0.05, 0) is 30.9 Å². The molecule has 3 nitrogen and oxygen atoms in total. The number of hydrogen-bond acceptors (Lipinski definition) is 4. The zero-order chi connectivity index (χ0) is 12.1. The highest BCUT2D eigenvalue weighted by Gasteiger charge is 2.15. The van der Waals surface area contributed by atoms with Gasteiger partial charge in [0.1, 0.15) is 11.5 Å². The molecule has 0 aliphatic carbocycles. The first-order chi connectivity index (χ1) is 7.67. The number of ether oxygens (including phenoxy) is 2. The van der Waals surface area contributed by atoms with Gasteiger partial charge in [0.2, 0.25) is 0 Å². The summed E-state index contributed by atoms with van der Waals surface area (Å²) in [4.78, 5) is 1.08. The van der Waals surface area contributed by atoms with E-state index in [1.54, 1.807) is 26.0 Å². The zero-order valence-electron chi connectivity index (χ0n) is 10.2. The number of rotatable bonds is 5. The maximum absolute atomic E-state index is 5.71. The smallest absolute Gasteiger partial charge is 0.136 e. The Morgan fingerprint density at radius 1 is 1.31 bits per heavy atom. The van der Waals surface area contributed by atoms with Gasteiger partial charge in [0.05, 0.1) is 19.1 Å². The number of methoxy groups -OCH3 is 2. The fourth-order valence-corrected chi connectivity index (χ4v) is 2.20. The van der Waals surface area contributed by atoms with E-state index in [1.165, 1.54) is 0 Å². The Hall–Kier alpha value is -0.870. The minimum Gasteiger partial charge on any atom is -0.497 e. The van der Waals surface area contributed by atoms with E-state index in [-0.39, 0.29) is 5.92 Å². The molecule has 1 unspecified atom stereocenters. The molecular formula is C12H19NO2S. The third-order valence-electron chi connectivity index (χ3n) is 2.60. The Kier molecular flexibility index (Phi) is 4.96. The first-order valence-corrected chi connectivity index (χ1v) is 6.40. The molecule has 16 heavy (non-hydrogen) atoms. The Balaban J connectivity index is 3.30. The van der Waals surface area contributed by atoms with E-state index in [0.29, 0.717) is 6.54 Å². The number of benzene rings is 1. The lowest BCUT2D eigenvalue weighted by Crippen LogP contribution is -2.10. The van der Waals surface area contributed by atoms with E-state index < -0.39 is 0 Å². The quantitative estimate of drug-likeness (QED) is 0.804. The van der Waals surface area contributed by atoms with E-state index in [2.05, 4.69) is 6.92 Å².